The maximum Gasteiger partial charge on any atom is 0.196 e. The normalized spacial score (nSPS) is 10.2. The Bertz CT molecular complexity index is 811. The molecule has 0 aromatic heterocycles. The van der Waals surface area contributed by atoms with Gasteiger partial charge in [0.15, 0.2) is 5.78 Å². The predicted octanol–water partition coefficient (Wildman–Crippen LogP) is 4.51. The molecule has 0 aliphatic rings. The molecule has 3 heteroatoms. The van der Waals surface area contributed by atoms with Crippen LogP contribution in [0.2, 0.25) is 0 Å². The summed E-state index contributed by atoms with van der Waals surface area (Å²) in [6, 6.07) is 24.3. The minimum Gasteiger partial charge on any atom is -0.497 e. The number of rotatable bonds is 6. The first-order valence-electron chi connectivity index (χ1n) is 7.72. The summed E-state index contributed by atoms with van der Waals surface area (Å²) in [6.45, 7) is 0.405. The largest absolute Gasteiger partial charge is 0.497 e. The Morgan fingerprint density at radius 2 is 1.54 bits per heavy atom. The van der Waals surface area contributed by atoms with E-state index in [1.165, 1.54) is 0 Å². The van der Waals surface area contributed by atoms with E-state index in [-0.39, 0.29) is 5.78 Å². The van der Waals surface area contributed by atoms with Gasteiger partial charge in [-0.2, -0.15) is 0 Å². The van der Waals surface area contributed by atoms with Crippen molar-refractivity contribution in [3.05, 3.63) is 95.6 Å². The molecular weight excluding hydrogens is 300 g/mol. The van der Waals surface area contributed by atoms with E-state index >= 15 is 0 Å². The van der Waals surface area contributed by atoms with Gasteiger partial charge in [0.1, 0.15) is 18.1 Å². The highest BCUT2D eigenvalue weighted by Gasteiger charge is 2.16. The third kappa shape index (κ3) is 3.63. The van der Waals surface area contributed by atoms with Crippen molar-refractivity contribution in [1.82, 2.24) is 0 Å². The Morgan fingerprint density at radius 3 is 2.21 bits per heavy atom. The molecule has 0 atom stereocenters. The number of carbonyl (C=O) groups excluding carboxylic acids is 1. The van der Waals surface area contributed by atoms with Crippen LogP contribution >= 0.6 is 0 Å². The lowest BCUT2D eigenvalue weighted by atomic mass is 10.0. The summed E-state index contributed by atoms with van der Waals surface area (Å²) in [5.41, 5.74) is 2.17. The first-order chi connectivity index (χ1) is 11.8. The fourth-order valence-electron chi connectivity index (χ4n) is 2.42. The summed E-state index contributed by atoms with van der Waals surface area (Å²) < 4.78 is 11.1. The van der Waals surface area contributed by atoms with E-state index < -0.39 is 0 Å². The third-order valence-electron chi connectivity index (χ3n) is 3.70. The van der Waals surface area contributed by atoms with Gasteiger partial charge in [0.05, 0.1) is 12.7 Å². The van der Waals surface area contributed by atoms with Gasteiger partial charge in [0, 0.05) is 5.56 Å². The zero-order valence-electron chi connectivity index (χ0n) is 13.4. The monoisotopic (exact) mass is 318 g/mol. The van der Waals surface area contributed by atoms with E-state index in [0.717, 1.165) is 5.56 Å². The van der Waals surface area contributed by atoms with E-state index in [1.54, 1.807) is 37.4 Å². The van der Waals surface area contributed by atoms with E-state index in [2.05, 4.69) is 0 Å². The van der Waals surface area contributed by atoms with Crippen LogP contribution in [0.5, 0.6) is 11.5 Å². The minimum absolute atomic E-state index is 0.0856. The van der Waals surface area contributed by atoms with Gasteiger partial charge in [-0.05, 0) is 23.8 Å². The number of ether oxygens (including phenoxy) is 2. The van der Waals surface area contributed by atoms with Crippen molar-refractivity contribution in [3.63, 3.8) is 0 Å². The average molecular weight is 318 g/mol. The van der Waals surface area contributed by atoms with Crippen LogP contribution in [0.4, 0.5) is 0 Å². The smallest absolute Gasteiger partial charge is 0.196 e. The highest BCUT2D eigenvalue weighted by molar-refractivity contribution is 6.10. The Labute approximate surface area is 141 Å². The molecule has 0 aliphatic heterocycles. The van der Waals surface area contributed by atoms with Gasteiger partial charge in [-0.15, -0.1) is 0 Å². The Hall–Kier alpha value is -3.07. The second-order valence-corrected chi connectivity index (χ2v) is 5.33. The Morgan fingerprint density at radius 1 is 0.875 bits per heavy atom. The maximum atomic E-state index is 12.8. The standard InChI is InChI=1S/C21H18O3/c1-23-18-12-13-20(24-15-16-8-4-2-5-9-16)19(14-18)21(22)17-10-6-3-7-11-17/h2-14H,15H2,1H3. The second-order valence-electron chi connectivity index (χ2n) is 5.33. The van der Waals surface area contributed by atoms with Crippen molar-refractivity contribution in [1.29, 1.82) is 0 Å². The first kappa shape index (κ1) is 15.8. The quantitative estimate of drug-likeness (QED) is 0.628. The van der Waals surface area contributed by atoms with Crippen molar-refractivity contribution in [3.8, 4) is 11.5 Å². The molecule has 24 heavy (non-hydrogen) atoms. The molecule has 3 aromatic carbocycles. The molecule has 0 heterocycles. The zero-order chi connectivity index (χ0) is 16.8. The van der Waals surface area contributed by atoms with Crippen LogP contribution in [0.25, 0.3) is 0 Å². The van der Waals surface area contributed by atoms with E-state index in [1.807, 2.05) is 48.5 Å². The molecule has 0 N–H and O–H groups in total. The number of ketones is 1. The number of methoxy groups -OCH3 is 1. The van der Waals surface area contributed by atoms with Gasteiger partial charge in [0.25, 0.3) is 0 Å². The van der Waals surface area contributed by atoms with E-state index in [9.17, 15) is 4.79 Å². The molecule has 0 amide bonds. The molecule has 0 bridgehead atoms. The lowest BCUT2D eigenvalue weighted by Gasteiger charge is -2.12. The fourth-order valence-corrected chi connectivity index (χ4v) is 2.42. The molecule has 3 rings (SSSR count). The van der Waals surface area contributed by atoms with Crippen molar-refractivity contribution in [2.75, 3.05) is 7.11 Å². The zero-order valence-corrected chi connectivity index (χ0v) is 13.4. The fraction of sp³-hybridized carbons (Fsp3) is 0.0952. The highest BCUT2D eigenvalue weighted by Crippen LogP contribution is 2.27. The summed E-state index contributed by atoms with van der Waals surface area (Å²) in [4.78, 5) is 12.8. The van der Waals surface area contributed by atoms with Gasteiger partial charge in [-0.1, -0.05) is 60.7 Å². The van der Waals surface area contributed by atoms with Crippen LogP contribution in [0, 0.1) is 0 Å². The molecule has 3 nitrogen and oxygen atoms in total. The Balaban J connectivity index is 1.90. The van der Waals surface area contributed by atoms with Crippen LogP contribution < -0.4 is 9.47 Å². The van der Waals surface area contributed by atoms with Crippen molar-refractivity contribution >= 4 is 5.78 Å². The van der Waals surface area contributed by atoms with E-state index in [0.29, 0.717) is 29.2 Å². The van der Waals surface area contributed by atoms with Gasteiger partial charge in [-0.25, -0.2) is 0 Å². The molecule has 0 saturated carbocycles. The highest BCUT2D eigenvalue weighted by atomic mass is 16.5. The molecule has 3 aromatic rings. The number of carbonyl (C=O) groups is 1. The molecule has 0 spiro atoms. The topological polar surface area (TPSA) is 35.5 Å². The molecule has 0 saturated heterocycles. The molecule has 0 fully saturated rings. The van der Waals surface area contributed by atoms with Crippen molar-refractivity contribution in [2.24, 2.45) is 0 Å². The second kappa shape index (κ2) is 7.47. The molecule has 0 unspecified atom stereocenters. The van der Waals surface area contributed by atoms with Crippen LogP contribution in [-0.2, 0) is 6.61 Å². The van der Waals surface area contributed by atoms with Crippen LogP contribution in [0.1, 0.15) is 21.5 Å². The van der Waals surface area contributed by atoms with Gasteiger partial charge < -0.3 is 9.47 Å². The predicted molar refractivity (Wildman–Crippen MR) is 93.6 cm³/mol. The summed E-state index contributed by atoms with van der Waals surface area (Å²) in [5.74, 6) is 1.09. The lowest BCUT2D eigenvalue weighted by molar-refractivity contribution is 0.103. The van der Waals surface area contributed by atoms with Crippen LogP contribution in [-0.4, -0.2) is 12.9 Å². The van der Waals surface area contributed by atoms with E-state index in [4.69, 9.17) is 9.47 Å². The summed E-state index contributed by atoms with van der Waals surface area (Å²) in [5, 5.41) is 0. The van der Waals surface area contributed by atoms with Gasteiger partial charge in [-0.3, -0.25) is 4.79 Å². The maximum absolute atomic E-state index is 12.8. The molecule has 120 valence electrons. The van der Waals surface area contributed by atoms with Crippen LogP contribution in [0.15, 0.2) is 78.9 Å². The average Bonchev–Trinajstić information content (AvgIpc) is 2.67. The minimum atomic E-state index is -0.0856. The number of hydrogen-bond donors (Lipinski definition) is 0. The first-order valence-corrected chi connectivity index (χ1v) is 7.72. The third-order valence-corrected chi connectivity index (χ3v) is 3.70. The molecular formula is C21H18O3. The molecule has 0 aliphatic carbocycles. The SMILES string of the molecule is COc1ccc(OCc2ccccc2)c(C(=O)c2ccccc2)c1. The summed E-state index contributed by atoms with van der Waals surface area (Å²) >= 11 is 0. The molecule has 0 radical (unpaired) electrons. The lowest BCUT2D eigenvalue weighted by Crippen LogP contribution is -2.06. The van der Waals surface area contributed by atoms with Crippen LogP contribution in [0.3, 0.4) is 0 Å². The number of hydrogen-bond acceptors (Lipinski definition) is 3. The number of benzene rings is 3. The van der Waals surface area contributed by atoms with Crippen molar-refractivity contribution < 1.29 is 14.3 Å². The summed E-state index contributed by atoms with van der Waals surface area (Å²) in [6.07, 6.45) is 0. The van der Waals surface area contributed by atoms with Crippen molar-refractivity contribution in [2.45, 2.75) is 6.61 Å². The Kier molecular flexibility index (Phi) is 4.92. The van der Waals surface area contributed by atoms with Gasteiger partial charge >= 0.3 is 0 Å². The van der Waals surface area contributed by atoms with Gasteiger partial charge in [0.2, 0.25) is 0 Å². The summed E-state index contributed by atoms with van der Waals surface area (Å²) in [7, 11) is 1.58.